The highest BCUT2D eigenvalue weighted by Gasteiger charge is 2.47. The third kappa shape index (κ3) is 5.11. The third-order valence-corrected chi connectivity index (χ3v) is 11.8. The van der Waals surface area contributed by atoms with Crippen molar-refractivity contribution in [3.63, 3.8) is 0 Å². The molecular formula is C29H38N2O6S2. The largest absolute Gasteiger partial charge is 0.444 e. The average molecular weight is 575 g/mol. The van der Waals surface area contributed by atoms with Gasteiger partial charge in [-0.2, -0.15) is 0 Å². The van der Waals surface area contributed by atoms with Crippen LogP contribution >= 0.6 is 0 Å². The first-order valence-electron chi connectivity index (χ1n) is 13.7. The molecule has 3 aliphatic rings. The van der Waals surface area contributed by atoms with Gasteiger partial charge in [0.15, 0.2) is 0 Å². The van der Waals surface area contributed by atoms with Crippen LogP contribution in [0.25, 0.3) is 0 Å². The number of ether oxygens (including phenoxy) is 1. The summed E-state index contributed by atoms with van der Waals surface area (Å²) in [4.78, 5) is 14.4. The number of sulfonamides is 1. The fourth-order valence-corrected chi connectivity index (χ4v) is 9.89. The summed E-state index contributed by atoms with van der Waals surface area (Å²) in [5.41, 5.74) is 1.07. The average Bonchev–Trinajstić information content (AvgIpc) is 2.87. The van der Waals surface area contributed by atoms with E-state index >= 15 is 0 Å². The number of aryl methyl sites for hydroxylation is 1. The summed E-state index contributed by atoms with van der Waals surface area (Å²) in [6.07, 6.45) is 5.26. The van der Waals surface area contributed by atoms with Crippen LogP contribution < -0.4 is 4.72 Å². The predicted molar refractivity (Wildman–Crippen MR) is 148 cm³/mol. The van der Waals surface area contributed by atoms with Crippen molar-refractivity contribution in [2.24, 2.45) is 0 Å². The number of nitrogens with one attached hydrogen (secondary N) is 1. The van der Waals surface area contributed by atoms with Crippen LogP contribution in [-0.4, -0.2) is 52.6 Å². The van der Waals surface area contributed by atoms with Gasteiger partial charge in [-0.25, -0.2) is 26.4 Å². The Labute approximate surface area is 232 Å². The molecule has 2 aromatic rings. The molecule has 2 aliphatic heterocycles. The Hall–Kier alpha value is -2.43. The smallest absolute Gasteiger partial charge is 0.410 e. The molecule has 2 fully saturated rings. The van der Waals surface area contributed by atoms with Crippen molar-refractivity contribution in [3.05, 3.63) is 53.1 Å². The van der Waals surface area contributed by atoms with Crippen molar-refractivity contribution in [3.8, 4) is 0 Å². The van der Waals surface area contributed by atoms with E-state index in [1.165, 1.54) is 6.07 Å². The lowest BCUT2D eigenvalue weighted by Crippen LogP contribution is -2.47. The maximum Gasteiger partial charge on any atom is 0.410 e. The molecular weight excluding hydrogens is 536 g/mol. The van der Waals surface area contributed by atoms with Crippen molar-refractivity contribution >= 4 is 26.0 Å². The Morgan fingerprint density at radius 1 is 1.00 bits per heavy atom. The minimum atomic E-state index is -4.01. The van der Waals surface area contributed by atoms with Gasteiger partial charge in [0, 0.05) is 24.5 Å². The first kappa shape index (κ1) is 28.1. The second-order valence-electron chi connectivity index (χ2n) is 12.1. The van der Waals surface area contributed by atoms with Crippen LogP contribution in [-0.2, 0) is 30.0 Å². The van der Waals surface area contributed by atoms with Crippen LogP contribution in [0.2, 0.25) is 0 Å². The zero-order chi connectivity index (χ0) is 28.2. The first-order chi connectivity index (χ1) is 18.2. The molecule has 39 heavy (non-hydrogen) atoms. The van der Waals surface area contributed by atoms with E-state index in [1.54, 1.807) is 30.0 Å². The van der Waals surface area contributed by atoms with Gasteiger partial charge in [0.05, 0.1) is 14.7 Å². The van der Waals surface area contributed by atoms with E-state index in [9.17, 15) is 21.6 Å². The third-order valence-electron chi connectivity index (χ3n) is 8.24. The van der Waals surface area contributed by atoms with Crippen LogP contribution in [0.5, 0.6) is 0 Å². The van der Waals surface area contributed by atoms with E-state index in [-0.39, 0.29) is 20.7 Å². The first-order valence-corrected chi connectivity index (χ1v) is 16.7. The molecule has 2 aromatic carbocycles. The molecule has 212 valence electrons. The molecule has 1 saturated heterocycles. The van der Waals surface area contributed by atoms with Crippen LogP contribution in [0.3, 0.4) is 0 Å². The summed E-state index contributed by atoms with van der Waals surface area (Å²) in [7, 11) is -7.90. The predicted octanol–water partition coefficient (Wildman–Crippen LogP) is 5.07. The lowest BCUT2D eigenvalue weighted by atomic mass is 9.65. The number of amides is 1. The number of carbonyl (C=O) groups excluding carboxylic acids is 1. The Kier molecular flexibility index (Phi) is 7.13. The van der Waals surface area contributed by atoms with E-state index in [1.807, 2.05) is 32.9 Å². The molecule has 0 bridgehead atoms. The van der Waals surface area contributed by atoms with Crippen molar-refractivity contribution in [1.82, 2.24) is 9.62 Å². The minimum absolute atomic E-state index is 0.00950. The van der Waals surface area contributed by atoms with Gasteiger partial charge in [-0.15, -0.1) is 0 Å². The minimum Gasteiger partial charge on any atom is -0.444 e. The van der Waals surface area contributed by atoms with Crippen molar-refractivity contribution in [2.75, 3.05) is 13.1 Å². The maximum atomic E-state index is 13.8. The molecule has 1 N–H and O–H groups in total. The van der Waals surface area contributed by atoms with Crippen molar-refractivity contribution < 1.29 is 26.4 Å². The lowest BCUT2D eigenvalue weighted by Gasteiger charge is -2.43. The Morgan fingerprint density at radius 2 is 1.64 bits per heavy atom. The standard InChI is InChI=1S/C29H38N2O6S2/c1-20-18-23-26(38(33,34)24-11-7-6-10-22(24)29(23)14-8-5-9-15-29)19-25(20)39(35,36)30-21-12-16-31(17-13-21)27(32)37-28(2,3)4/h6-7,10-11,18-19,21,30H,5,8-9,12-17H2,1-4H3. The van der Waals surface area contributed by atoms with Crippen molar-refractivity contribution in [2.45, 2.75) is 104 Å². The molecule has 1 amide bonds. The van der Waals surface area contributed by atoms with E-state index in [2.05, 4.69) is 4.72 Å². The number of rotatable bonds is 3. The highest BCUT2D eigenvalue weighted by molar-refractivity contribution is 7.92. The number of hydrogen-bond acceptors (Lipinski definition) is 6. The molecule has 5 rings (SSSR count). The number of hydrogen-bond donors (Lipinski definition) is 1. The molecule has 0 atom stereocenters. The summed E-state index contributed by atoms with van der Waals surface area (Å²) in [5.74, 6) is 0. The number of nitrogens with zero attached hydrogens (tertiary/aromatic N) is 1. The van der Waals surface area contributed by atoms with Crippen LogP contribution in [0.1, 0.15) is 82.4 Å². The molecule has 1 aliphatic carbocycles. The molecule has 2 heterocycles. The van der Waals surface area contributed by atoms with Gasteiger partial charge in [0.1, 0.15) is 5.60 Å². The fraction of sp³-hybridized carbons (Fsp3) is 0.552. The van der Waals surface area contributed by atoms with E-state index in [0.29, 0.717) is 31.5 Å². The summed E-state index contributed by atoms with van der Waals surface area (Å²) in [6, 6.07) is 10.00. The van der Waals surface area contributed by atoms with Crippen LogP contribution in [0.4, 0.5) is 4.79 Å². The number of carbonyl (C=O) groups is 1. The van der Waals surface area contributed by atoms with Crippen LogP contribution in [0, 0.1) is 6.92 Å². The molecule has 0 aromatic heterocycles. The lowest BCUT2D eigenvalue weighted by molar-refractivity contribution is 0.0203. The molecule has 1 spiro atoms. The quantitative estimate of drug-likeness (QED) is 0.548. The van der Waals surface area contributed by atoms with E-state index in [0.717, 1.165) is 43.2 Å². The van der Waals surface area contributed by atoms with Crippen LogP contribution in [0.15, 0.2) is 51.1 Å². The van der Waals surface area contributed by atoms with Gasteiger partial charge < -0.3 is 9.64 Å². The van der Waals surface area contributed by atoms with Crippen molar-refractivity contribution in [1.29, 1.82) is 0 Å². The molecule has 0 unspecified atom stereocenters. The molecule has 10 heteroatoms. The van der Waals surface area contributed by atoms with Gasteiger partial charge in [-0.05, 0) is 82.2 Å². The van der Waals surface area contributed by atoms with Gasteiger partial charge >= 0.3 is 6.09 Å². The Bertz CT molecular complexity index is 1490. The summed E-state index contributed by atoms with van der Waals surface area (Å²) < 4.78 is 63.1. The Balaban J connectivity index is 1.45. The number of likely N-dealkylation sites (tertiary alicyclic amines) is 1. The summed E-state index contributed by atoms with van der Waals surface area (Å²) in [6.45, 7) is 7.91. The van der Waals surface area contributed by atoms with Gasteiger partial charge in [-0.3, -0.25) is 0 Å². The highest BCUT2D eigenvalue weighted by Crippen LogP contribution is 2.53. The fourth-order valence-electron chi connectivity index (χ4n) is 6.40. The van der Waals surface area contributed by atoms with E-state index in [4.69, 9.17) is 4.74 Å². The monoisotopic (exact) mass is 574 g/mol. The molecule has 8 nitrogen and oxygen atoms in total. The normalized spacial score (nSPS) is 20.8. The van der Waals surface area contributed by atoms with Gasteiger partial charge in [-0.1, -0.05) is 43.5 Å². The van der Waals surface area contributed by atoms with Gasteiger partial charge in [0.2, 0.25) is 19.9 Å². The molecule has 0 radical (unpaired) electrons. The van der Waals surface area contributed by atoms with Gasteiger partial charge in [0.25, 0.3) is 0 Å². The maximum absolute atomic E-state index is 13.8. The SMILES string of the molecule is Cc1cc2c(cc1S(=O)(=O)NC1CCN(C(=O)OC(C)(C)C)CC1)S(=O)(=O)c1ccccc1C21CCCCC1. The number of fused-ring (bicyclic) bond motifs is 4. The number of sulfone groups is 1. The zero-order valence-corrected chi connectivity index (χ0v) is 24.8. The topological polar surface area (TPSA) is 110 Å². The summed E-state index contributed by atoms with van der Waals surface area (Å²) >= 11 is 0. The number of benzene rings is 2. The second kappa shape index (κ2) is 9.89. The number of piperidine rings is 1. The van der Waals surface area contributed by atoms with E-state index < -0.39 is 37.0 Å². The highest BCUT2D eigenvalue weighted by atomic mass is 32.2. The second-order valence-corrected chi connectivity index (χ2v) is 15.7. The Morgan fingerprint density at radius 3 is 2.28 bits per heavy atom. The summed E-state index contributed by atoms with van der Waals surface area (Å²) in [5, 5.41) is 0. The molecule has 1 saturated carbocycles. The zero-order valence-electron chi connectivity index (χ0n) is 23.1.